The average molecular weight is 347 g/mol. The Balaban J connectivity index is 2.33. The Hall–Kier alpha value is -1.43. The summed E-state index contributed by atoms with van der Waals surface area (Å²) >= 11 is 3.24. The van der Waals surface area contributed by atoms with Crippen LogP contribution in [-0.4, -0.2) is 18.5 Å². The fraction of sp³-hybridized carbons (Fsp3) is 0.429. The van der Waals surface area contributed by atoms with E-state index in [0.717, 1.165) is 6.42 Å². The maximum Gasteiger partial charge on any atom is 0.306 e. The molecule has 0 heterocycles. The molecule has 4 nitrogen and oxygen atoms in total. The van der Waals surface area contributed by atoms with Crippen LogP contribution in [0, 0.1) is 5.82 Å². The van der Waals surface area contributed by atoms with Gasteiger partial charge in [-0.3, -0.25) is 9.59 Å². The van der Waals surface area contributed by atoms with E-state index in [1.807, 2.05) is 6.92 Å². The van der Waals surface area contributed by atoms with Crippen molar-refractivity contribution in [3.63, 3.8) is 0 Å². The molecule has 110 valence electrons. The highest BCUT2D eigenvalue weighted by Crippen LogP contribution is 2.18. The molecule has 0 aliphatic carbocycles. The van der Waals surface area contributed by atoms with E-state index in [1.54, 1.807) is 6.07 Å². The molecule has 0 fully saturated rings. The molecule has 20 heavy (non-hydrogen) atoms. The molecule has 0 aliphatic rings. The highest BCUT2D eigenvalue weighted by Gasteiger charge is 2.10. The van der Waals surface area contributed by atoms with Crippen LogP contribution in [0.25, 0.3) is 0 Å². The van der Waals surface area contributed by atoms with Crippen LogP contribution in [-0.2, 0) is 25.7 Å². The van der Waals surface area contributed by atoms with Crippen molar-refractivity contribution in [3.8, 4) is 0 Å². The van der Waals surface area contributed by atoms with Gasteiger partial charge in [0.2, 0.25) is 0 Å². The summed E-state index contributed by atoms with van der Waals surface area (Å²) in [5, 5.41) is 0. The zero-order valence-electron chi connectivity index (χ0n) is 11.2. The van der Waals surface area contributed by atoms with Crippen LogP contribution >= 0.6 is 15.9 Å². The molecule has 0 radical (unpaired) electrons. The Labute approximate surface area is 125 Å². The van der Waals surface area contributed by atoms with Crippen LogP contribution in [0.1, 0.15) is 31.7 Å². The lowest BCUT2D eigenvalue weighted by molar-refractivity contribution is -0.151. The van der Waals surface area contributed by atoms with E-state index >= 15 is 0 Å². The van der Waals surface area contributed by atoms with Gasteiger partial charge in [0.25, 0.3) is 0 Å². The van der Waals surface area contributed by atoms with Crippen LogP contribution in [0.15, 0.2) is 22.7 Å². The topological polar surface area (TPSA) is 52.6 Å². The third-order valence-electron chi connectivity index (χ3n) is 2.40. The molecular weight excluding hydrogens is 331 g/mol. The Kier molecular flexibility index (Phi) is 7.22. The summed E-state index contributed by atoms with van der Waals surface area (Å²) in [7, 11) is 0. The van der Waals surface area contributed by atoms with Gasteiger partial charge in [0.05, 0.1) is 19.4 Å². The second kappa shape index (κ2) is 8.68. The fourth-order valence-electron chi connectivity index (χ4n) is 1.38. The van der Waals surface area contributed by atoms with Crippen LogP contribution in [0.2, 0.25) is 0 Å². The predicted molar refractivity (Wildman–Crippen MR) is 74.4 cm³/mol. The maximum atomic E-state index is 13.0. The second-order valence-corrected chi connectivity index (χ2v) is 4.97. The van der Waals surface area contributed by atoms with Crippen molar-refractivity contribution < 1.29 is 23.5 Å². The summed E-state index contributed by atoms with van der Waals surface area (Å²) in [6.07, 6.45) is 0.683. The normalized spacial score (nSPS) is 10.2. The number of ether oxygens (including phenoxy) is 2. The summed E-state index contributed by atoms with van der Waals surface area (Å²) in [4.78, 5) is 22.6. The molecule has 0 N–H and O–H groups in total. The Morgan fingerprint density at radius 2 is 1.85 bits per heavy atom. The minimum absolute atomic E-state index is 0.0108. The van der Waals surface area contributed by atoms with Gasteiger partial charge in [-0.15, -0.1) is 0 Å². The molecule has 1 aromatic carbocycles. The second-order valence-electron chi connectivity index (χ2n) is 4.12. The van der Waals surface area contributed by atoms with E-state index in [0.29, 0.717) is 16.6 Å². The molecule has 0 saturated carbocycles. The lowest BCUT2D eigenvalue weighted by Crippen LogP contribution is -2.10. The first kappa shape index (κ1) is 16.6. The Morgan fingerprint density at radius 1 is 1.20 bits per heavy atom. The van der Waals surface area contributed by atoms with Crippen molar-refractivity contribution in [2.24, 2.45) is 0 Å². The molecule has 1 aromatic rings. The van der Waals surface area contributed by atoms with E-state index in [2.05, 4.69) is 15.9 Å². The molecule has 0 aromatic heterocycles. The Bertz CT molecular complexity index is 476. The summed E-state index contributed by atoms with van der Waals surface area (Å²) in [6, 6.07) is 4.13. The van der Waals surface area contributed by atoms with Crippen molar-refractivity contribution in [2.45, 2.75) is 32.8 Å². The van der Waals surface area contributed by atoms with E-state index in [9.17, 15) is 14.0 Å². The number of rotatable bonds is 7. The molecule has 1 rings (SSSR count). The standard InChI is InChI=1S/C14H16BrFO4/c1-2-7-19-13(17)5-6-14(18)20-9-10-8-11(16)3-4-12(10)15/h3-4,8H,2,5-7,9H2,1H3. The third kappa shape index (κ3) is 6.14. The first-order valence-corrected chi connectivity index (χ1v) is 7.07. The molecule has 0 bridgehead atoms. The highest BCUT2D eigenvalue weighted by molar-refractivity contribution is 9.10. The molecule has 0 unspecified atom stereocenters. The van der Waals surface area contributed by atoms with Crippen molar-refractivity contribution >= 4 is 27.9 Å². The number of halogens is 2. The van der Waals surface area contributed by atoms with Crippen LogP contribution in [0.5, 0.6) is 0 Å². The first-order chi connectivity index (χ1) is 9.52. The number of carbonyl (C=O) groups is 2. The summed E-state index contributed by atoms with van der Waals surface area (Å²) < 4.78 is 23.5. The maximum absolute atomic E-state index is 13.0. The van der Waals surface area contributed by atoms with Gasteiger partial charge in [-0.05, 0) is 24.6 Å². The molecule has 0 spiro atoms. The highest BCUT2D eigenvalue weighted by atomic mass is 79.9. The van der Waals surface area contributed by atoms with Gasteiger partial charge in [-0.2, -0.15) is 0 Å². The summed E-state index contributed by atoms with van der Waals surface area (Å²) in [6.45, 7) is 2.20. The van der Waals surface area contributed by atoms with Gasteiger partial charge in [-0.1, -0.05) is 22.9 Å². The van der Waals surface area contributed by atoms with Gasteiger partial charge in [0.15, 0.2) is 0 Å². The SMILES string of the molecule is CCCOC(=O)CCC(=O)OCc1cc(F)ccc1Br. The van der Waals surface area contributed by atoms with E-state index < -0.39 is 17.8 Å². The van der Waals surface area contributed by atoms with Gasteiger partial charge in [0, 0.05) is 10.0 Å². The number of esters is 2. The van der Waals surface area contributed by atoms with E-state index in [-0.39, 0.29) is 19.4 Å². The fourth-order valence-corrected chi connectivity index (χ4v) is 1.74. The quantitative estimate of drug-likeness (QED) is 0.710. The predicted octanol–water partition coefficient (Wildman–Crippen LogP) is 3.36. The van der Waals surface area contributed by atoms with E-state index in [4.69, 9.17) is 9.47 Å². The number of carbonyl (C=O) groups excluding carboxylic acids is 2. The monoisotopic (exact) mass is 346 g/mol. The zero-order chi connectivity index (χ0) is 15.0. The third-order valence-corrected chi connectivity index (χ3v) is 3.17. The van der Waals surface area contributed by atoms with Crippen LogP contribution in [0.4, 0.5) is 4.39 Å². The molecule has 0 aliphatic heterocycles. The van der Waals surface area contributed by atoms with Crippen molar-refractivity contribution in [3.05, 3.63) is 34.1 Å². The van der Waals surface area contributed by atoms with Gasteiger partial charge in [0.1, 0.15) is 12.4 Å². The number of hydrogen-bond donors (Lipinski definition) is 0. The van der Waals surface area contributed by atoms with Crippen molar-refractivity contribution in [1.82, 2.24) is 0 Å². The number of benzene rings is 1. The smallest absolute Gasteiger partial charge is 0.306 e. The van der Waals surface area contributed by atoms with Crippen molar-refractivity contribution in [1.29, 1.82) is 0 Å². The van der Waals surface area contributed by atoms with Gasteiger partial charge < -0.3 is 9.47 Å². The summed E-state index contributed by atoms with van der Waals surface area (Å²) in [5.41, 5.74) is 0.534. The molecule has 0 saturated heterocycles. The van der Waals surface area contributed by atoms with Crippen LogP contribution in [0.3, 0.4) is 0 Å². The largest absolute Gasteiger partial charge is 0.466 e. The molecule has 0 amide bonds. The van der Waals surface area contributed by atoms with Crippen LogP contribution < -0.4 is 0 Å². The summed E-state index contributed by atoms with van der Waals surface area (Å²) in [5.74, 6) is -1.34. The first-order valence-electron chi connectivity index (χ1n) is 6.28. The number of hydrogen-bond acceptors (Lipinski definition) is 4. The average Bonchev–Trinajstić information content (AvgIpc) is 2.43. The molecular formula is C14H16BrFO4. The lowest BCUT2D eigenvalue weighted by Gasteiger charge is -2.07. The van der Waals surface area contributed by atoms with Crippen molar-refractivity contribution in [2.75, 3.05) is 6.61 Å². The molecule has 6 heteroatoms. The lowest BCUT2D eigenvalue weighted by atomic mass is 10.2. The van der Waals surface area contributed by atoms with Gasteiger partial charge >= 0.3 is 11.9 Å². The van der Waals surface area contributed by atoms with Gasteiger partial charge in [-0.25, -0.2) is 4.39 Å². The zero-order valence-corrected chi connectivity index (χ0v) is 12.7. The van der Waals surface area contributed by atoms with E-state index in [1.165, 1.54) is 12.1 Å². The Morgan fingerprint density at radius 3 is 2.50 bits per heavy atom. The minimum atomic E-state index is -0.519. The molecule has 0 atom stereocenters. The minimum Gasteiger partial charge on any atom is -0.466 e.